The van der Waals surface area contributed by atoms with Crippen molar-refractivity contribution in [1.82, 2.24) is 4.90 Å². The number of aliphatic hydroxyl groups is 1. The van der Waals surface area contributed by atoms with E-state index in [0.29, 0.717) is 12.1 Å². The Bertz CT molecular complexity index is 479. The van der Waals surface area contributed by atoms with Crippen molar-refractivity contribution in [3.05, 3.63) is 39.7 Å². The van der Waals surface area contributed by atoms with Gasteiger partial charge in [-0.15, -0.1) is 0 Å². The number of rotatable bonds is 4. The molecule has 0 aromatic heterocycles. The number of benzene rings is 1. The number of hydrogen-bond acceptors (Lipinski definition) is 4. The third-order valence-electron chi connectivity index (χ3n) is 3.61. The van der Waals surface area contributed by atoms with Crippen LogP contribution in [0.25, 0.3) is 0 Å². The lowest BCUT2D eigenvalue weighted by Gasteiger charge is -2.17. The summed E-state index contributed by atoms with van der Waals surface area (Å²) in [7, 11) is 0. The van der Waals surface area contributed by atoms with Gasteiger partial charge in [0.25, 0.3) is 0 Å². The van der Waals surface area contributed by atoms with Gasteiger partial charge >= 0.3 is 5.69 Å². The SMILES string of the molecule is CC(O)C1CCN(Cc2ccc([N+](=O)[O-])c(F)c2)C1. The monoisotopic (exact) mass is 268 g/mol. The highest BCUT2D eigenvalue weighted by molar-refractivity contribution is 5.35. The van der Waals surface area contributed by atoms with Gasteiger partial charge in [-0.25, -0.2) is 0 Å². The zero-order valence-electron chi connectivity index (χ0n) is 10.8. The minimum Gasteiger partial charge on any atom is -0.393 e. The average Bonchev–Trinajstić information content (AvgIpc) is 2.77. The van der Waals surface area contributed by atoms with Gasteiger partial charge in [-0.05, 0) is 37.4 Å². The third-order valence-corrected chi connectivity index (χ3v) is 3.61. The summed E-state index contributed by atoms with van der Waals surface area (Å²) in [6.45, 7) is 3.96. The van der Waals surface area contributed by atoms with Crippen LogP contribution in [0.2, 0.25) is 0 Å². The molecule has 1 aliphatic rings. The lowest BCUT2D eigenvalue weighted by atomic mass is 10.0. The molecule has 1 saturated heterocycles. The van der Waals surface area contributed by atoms with E-state index in [9.17, 15) is 19.6 Å². The van der Waals surface area contributed by atoms with Gasteiger partial charge in [0.1, 0.15) is 0 Å². The number of nitro benzene ring substituents is 1. The van der Waals surface area contributed by atoms with Crippen LogP contribution >= 0.6 is 0 Å². The van der Waals surface area contributed by atoms with Gasteiger partial charge in [0.15, 0.2) is 0 Å². The van der Waals surface area contributed by atoms with Crippen LogP contribution in [0, 0.1) is 21.8 Å². The van der Waals surface area contributed by atoms with Crippen LogP contribution in [0.1, 0.15) is 18.9 Å². The summed E-state index contributed by atoms with van der Waals surface area (Å²) >= 11 is 0. The van der Waals surface area contributed by atoms with Crippen molar-refractivity contribution in [2.75, 3.05) is 13.1 Å². The highest BCUT2D eigenvalue weighted by Crippen LogP contribution is 2.23. The van der Waals surface area contributed by atoms with Crippen LogP contribution < -0.4 is 0 Å². The van der Waals surface area contributed by atoms with Crippen LogP contribution in [0.15, 0.2) is 18.2 Å². The van der Waals surface area contributed by atoms with E-state index in [4.69, 9.17) is 0 Å². The second-order valence-electron chi connectivity index (χ2n) is 5.07. The molecule has 6 heteroatoms. The lowest BCUT2D eigenvalue weighted by Crippen LogP contribution is -2.24. The molecule has 0 spiro atoms. The number of likely N-dealkylation sites (tertiary alicyclic amines) is 1. The highest BCUT2D eigenvalue weighted by Gasteiger charge is 2.26. The second-order valence-corrected chi connectivity index (χ2v) is 5.07. The Hall–Kier alpha value is -1.53. The minimum absolute atomic E-state index is 0.253. The third kappa shape index (κ3) is 3.27. The van der Waals surface area contributed by atoms with E-state index < -0.39 is 16.4 Å². The molecule has 1 heterocycles. The van der Waals surface area contributed by atoms with E-state index in [2.05, 4.69) is 4.90 Å². The first kappa shape index (κ1) is 13.9. The number of halogens is 1. The maximum atomic E-state index is 13.5. The minimum atomic E-state index is -0.797. The molecule has 2 atom stereocenters. The Morgan fingerprint density at radius 1 is 1.63 bits per heavy atom. The molecule has 5 nitrogen and oxygen atoms in total. The molecule has 0 bridgehead atoms. The number of nitro groups is 1. The first-order valence-electron chi connectivity index (χ1n) is 6.30. The van der Waals surface area contributed by atoms with Gasteiger partial charge in [0, 0.05) is 19.2 Å². The molecule has 1 fully saturated rings. The smallest absolute Gasteiger partial charge is 0.304 e. The summed E-state index contributed by atoms with van der Waals surface area (Å²) in [5, 5.41) is 20.0. The number of aliphatic hydroxyl groups excluding tert-OH is 1. The van der Waals surface area contributed by atoms with Gasteiger partial charge in [0.2, 0.25) is 5.82 Å². The van der Waals surface area contributed by atoms with Crippen molar-refractivity contribution >= 4 is 5.69 Å². The Morgan fingerprint density at radius 3 is 2.89 bits per heavy atom. The summed E-state index contributed by atoms with van der Waals surface area (Å²) in [5.41, 5.74) is 0.223. The van der Waals surface area contributed by atoms with Crippen molar-refractivity contribution < 1.29 is 14.4 Å². The van der Waals surface area contributed by atoms with Gasteiger partial charge in [-0.3, -0.25) is 15.0 Å². The maximum absolute atomic E-state index is 13.5. The van der Waals surface area contributed by atoms with Crippen molar-refractivity contribution in [3.63, 3.8) is 0 Å². The molecule has 0 amide bonds. The standard InChI is InChI=1S/C13H17FN2O3/c1-9(17)11-4-5-15(8-11)7-10-2-3-13(16(18)19)12(14)6-10/h2-3,6,9,11,17H,4-5,7-8H2,1H3. The second kappa shape index (κ2) is 5.63. The van der Waals surface area contributed by atoms with Crippen LogP contribution in [0.4, 0.5) is 10.1 Å². The Kier molecular flexibility index (Phi) is 4.11. The Morgan fingerprint density at radius 2 is 2.37 bits per heavy atom. The summed E-state index contributed by atoms with van der Waals surface area (Å²) in [6.07, 6.45) is 0.589. The molecular weight excluding hydrogens is 251 g/mol. The summed E-state index contributed by atoms with van der Waals surface area (Å²) in [4.78, 5) is 11.9. The summed E-state index contributed by atoms with van der Waals surface area (Å²) in [6, 6.07) is 4.00. The van der Waals surface area contributed by atoms with E-state index in [0.717, 1.165) is 19.5 Å². The molecule has 1 aliphatic heterocycles. The summed E-state index contributed by atoms with van der Waals surface area (Å²) in [5.74, 6) is -0.545. The molecule has 2 rings (SSSR count). The molecular formula is C13H17FN2O3. The van der Waals surface area contributed by atoms with Crippen molar-refractivity contribution in [2.24, 2.45) is 5.92 Å². The van der Waals surface area contributed by atoms with Crippen molar-refractivity contribution in [3.8, 4) is 0 Å². The summed E-state index contributed by atoms with van der Waals surface area (Å²) < 4.78 is 13.5. The molecule has 0 aliphatic carbocycles. The van der Waals surface area contributed by atoms with Crippen molar-refractivity contribution in [1.29, 1.82) is 0 Å². The predicted molar refractivity (Wildman–Crippen MR) is 68.1 cm³/mol. The molecule has 1 aromatic rings. The van der Waals surface area contributed by atoms with E-state index in [1.807, 2.05) is 0 Å². The van der Waals surface area contributed by atoms with Gasteiger partial charge in [0.05, 0.1) is 11.0 Å². The Labute approximate surface area is 110 Å². The predicted octanol–water partition coefficient (Wildman–Crippen LogP) is 1.94. The first-order chi connectivity index (χ1) is 8.97. The largest absolute Gasteiger partial charge is 0.393 e. The van der Waals surface area contributed by atoms with Crippen molar-refractivity contribution in [2.45, 2.75) is 26.0 Å². The fourth-order valence-electron chi connectivity index (χ4n) is 2.45. The molecule has 1 N–H and O–H groups in total. The van der Waals surface area contributed by atoms with Gasteiger partial charge in [-0.1, -0.05) is 6.07 Å². The highest BCUT2D eigenvalue weighted by atomic mass is 19.1. The topological polar surface area (TPSA) is 66.6 Å². The average molecular weight is 268 g/mol. The maximum Gasteiger partial charge on any atom is 0.304 e. The van der Waals surface area contributed by atoms with E-state index >= 15 is 0 Å². The molecule has 19 heavy (non-hydrogen) atoms. The fraction of sp³-hybridized carbons (Fsp3) is 0.538. The quantitative estimate of drug-likeness (QED) is 0.669. The van der Waals surface area contributed by atoms with Gasteiger partial charge < -0.3 is 5.11 Å². The molecule has 1 aromatic carbocycles. The lowest BCUT2D eigenvalue weighted by molar-refractivity contribution is -0.387. The zero-order valence-corrected chi connectivity index (χ0v) is 10.8. The van der Waals surface area contributed by atoms with E-state index in [-0.39, 0.29) is 12.0 Å². The normalized spacial score (nSPS) is 21.5. The number of nitrogens with zero attached hydrogens (tertiary/aromatic N) is 2. The van der Waals surface area contributed by atoms with Crippen LogP contribution in [0.3, 0.4) is 0 Å². The van der Waals surface area contributed by atoms with E-state index in [1.165, 1.54) is 12.1 Å². The zero-order chi connectivity index (χ0) is 14.0. The fourth-order valence-corrected chi connectivity index (χ4v) is 2.45. The molecule has 0 radical (unpaired) electrons. The molecule has 104 valence electrons. The first-order valence-corrected chi connectivity index (χ1v) is 6.30. The Balaban J connectivity index is 2.01. The van der Waals surface area contributed by atoms with Crippen LogP contribution in [-0.2, 0) is 6.54 Å². The number of hydrogen-bond donors (Lipinski definition) is 1. The molecule has 0 saturated carbocycles. The van der Waals surface area contributed by atoms with Gasteiger partial charge in [-0.2, -0.15) is 4.39 Å². The van der Waals surface area contributed by atoms with E-state index in [1.54, 1.807) is 13.0 Å². The molecule has 2 unspecified atom stereocenters. The van der Waals surface area contributed by atoms with Crippen LogP contribution in [0.5, 0.6) is 0 Å². The van der Waals surface area contributed by atoms with Crippen LogP contribution in [-0.4, -0.2) is 34.1 Å².